The minimum absolute atomic E-state index is 0.163. The van der Waals surface area contributed by atoms with E-state index in [2.05, 4.69) is 14.4 Å². The molecule has 1 unspecified atom stereocenters. The predicted octanol–water partition coefficient (Wildman–Crippen LogP) is 1.22. The van der Waals surface area contributed by atoms with Crippen molar-refractivity contribution in [1.29, 1.82) is 0 Å². The molecule has 108 valence electrons. The Labute approximate surface area is 117 Å². The summed E-state index contributed by atoms with van der Waals surface area (Å²) in [5.74, 6) is -0.231. The van der Waals surface area contributed by atoms with Gasteiger partial charge in [-0.15, -0.1) is 0 Å². The zero-order valence-corrected chi connectivity index (χ0v) is 11.6. The fraction of sp³-hybridized carbons (Fsp3) is 0.308. The smallest absolute Gasteiger partial charge is 0.217 e. The minimum atomic E-state index is -3.47. The molecule has 0 bridgehead atoms. The number of hydrogen-bond acceptors (Lipinski definition) is 5. The van der Waals surface area contributed by atoms with Crippen LogP contribution >= 0.6 is 0 Å². The van der Waals surface area contributed by atoms with Gasteiger partial charge in [0.05, 0.1) is 11.8 Å². The van der Waals surface area contributed by atoms with Gasteiger partial charge in [-0.2, -0.15) is 0 Å². The van der Waals surface area contributed by atoms with Crippen LogP contribution in [0.5, 0.6) is 0 Å². The molecule has 0 aliphatic rings. The molecule has 0 saturated heterocycles. The molecule has 0 spiro atoms. The van der Waals surface area contributed by atoms with Crippen LogP contribution in [0.1, 0.15) is 23.8 Å². The highest BCUT2D eigenvalue weighted by atomic mass is 32.2. The first-order chi connectivity index (χ1) is 9.57. The first-order valence-electron chi connectivity index (χ1n) is 6.16. The molecule has 20 heavy (non-hydrogen) atoms. The SMILES string of the molecule is O=S(=O)(Cc1ccon1)NCCC(O)c1ccccc1. The Morgan fingerprint density at radius 2 is 2.00 bits per heavy atom. The van der Waals surface area contributed by atoms with Crippen molar-refractivity contribution in [2.45, 2.75) is 18.3 Å². The second-order valence-electron chi connectivity index (χ2n) is 4.36. The van der Waals surface area contributed by atoms with E-state index >= 15 is 0 Å². The molecular weight excluding hydrogens is 280 g/mol. The van der Waals surface area contributed by atoms with E-state index in [1.807, 2.05) is 18.2 Å². The second-order valence-corrected chi connectivity index (χ2v) is 6.17. The summed E-state index contributed by atoms with van der Waals surface area (Å²) in [4.78, 5) is 0. The lowest BCUT2D eigenvalue weighted by Gasteiger charge is -2.11. The van der Waals surface area contributed by atoms with Crippen molar-refractivity contribution >= 4 is 10.0 Å². The normalized spacial score (nSPS) is 13.2. The van der Waals surface area contributed by atoms with Gasteiger partial charge in [-0.05, 0) is 12.0 Å². The summed E-state index contributed by atoms with van der Waals surface area (Å²) < 4.78 is 30.5. The van der Waals surface area contributed by atoms with Crippen molar-refractivity contribution in [2.24, 2.45) is 0 Å². The monoisotopic (exact) mass is 296 g/mol. The Bertz CT molecular complexity index is 611. The standard InChI is InChI=1S/C13H16N2O4S/c16-13(11-4-2-1-3-5-11)6-8-14-20(17,18)10-12-7-9-19-15-12/h1-5,7,9,13-14,16H,6,8,10H2. The predicted molar refractivity (Wildman–Crippen MR) is 73.1 cm³/mol. The van der Waals surface area contributed by atoms with E-state index in [0.717, 1.165) is 5.56 Å². The van der Waals surface area contributed by atoms with Crippen LogP contribution in [-0.2, 0) is 15.8 Å². The highest BCUT2D eigenvalue weighted by Gasteiger charge is 2.14. The summed E-state index contributed by atoms with van der Waals surface area (Å²) in [6.07, 6.45) is 0.942. The number of hydrogen-bond donors (Lipinski definition) is 2. The van der Waals surface area contributed by atoms with Gasteiger partial charge in [0.1, 0.15) is 12.0 Å². The fourth-order valence-corrected chi connectivity index (χ4v) is 2.82. The van der Waals surface area contributed by atoms with Crippen molar-refractivity contribution < 1.29 is 18.0 Å². The van der Waals surface area contributed by atoms with Gasteiger partial charge in [-0.3, -0.25) is 0 Å². The second kappa shape index (κ2) is 6.65. The quantitative estimate of drug-likeness (QED) is 0.801. The number of nitrogens with one attached hydrogen (secondary N) is 1. The van der Waals surface area contributed by atoms with Crippen LogP contribution in [0.25, 0.3) is 0 Å². The number of aliphatic hydroxyl groups excluding tert-OH is 1. The summed E-state index contributed by atoms with van der Waals surface area (Å²) in [6, 6.07) is 10.6. The van der Waals surface area contributed by atoms with Crippen LogP contribution in [0, 0.1) is 0 Å². The summed E-state index contributed by atoms with van der Waals surface area (Å²) in [5, 5.41) is 13.5. The van der Waals surface area contributed by atoms with Gasteiger partial charge in [0.15, 0.2) is 0 Å². The first-order valence-corrected chi connectivity index (χ1v) is 7.82. The van der Waals surface area contributed by atoms with E-state index < -0.39 is 16.1 Å². The molecule has 0 radical (unpaired) electrons. The van der Waals surface area contributed by atoms with Gasteiger partial charge >= 0.3 is 0 Å². The molecule has 0 amide bonds. The molecule has 0 aliphatic carbocycles. The number of rotatable bonds is 7. The van der Waals surface area contributed by atoms with Crippen molar-refractivity contribution in [3.05, 3.63) is 53.9 Å². The van der Waals surface area contributed by atoms with Crippen LogP contribution in [0.15, 0.2) is 47.2 Å². The van der Waals surface area contributed by atoms with Gasteiger partial charge in [0, 0.05) is 12.6 Å². The van der Waals surface area contributed by atoms with E-state index in [0.29, 0.717) is 12.1 Å². The average Bonchev–Trinajstić information content (AvgIpc) is 2.91. The number of nitrogens with zero attached hydrogens (tertiary/aromatic N) is 1. The highest BCUT2D eigenvalue weighted by molar-refractivity contribution is 7.88. The van der Waals surface area contributed by atoms with Crippen LogP contribution in [0.3, 0.4) is 0 Å². The Kier molecular flexibility index (Phi) is 4.89. The third-order valence-corrected chi connectivity index (χ3v) is 4.07. The summed E-state index contributed by atoms with van der Waals surface area (Å²) >= 11 is 0. The van der Waals surface area contributed by atoms with Crippen LogP contribution in [-0.4, -0.2) is 25.2 Å². The number of sulfonamides is 1. The van der Waals surface area contributed by atoms with E-state index in [4.69, 9.17) is 0 Å². The molecule has 0 fully saturated rings. The van der Waals surface area contributed by atoms with Gasteiger partial charge in [0.2, 0.25) is 10.0 Å². The lowest BCUT2D eigenvalue weighted by Crippen LogP contribution is -2.27. The maximum Gasteiger partial charge on any atom is 0.217 e. The molecule has 1 aromatic heterocycles. The number of aliphatic hydroxyl groups is 1. The van der Waals surface area contributed by atoms with Crippen molar-refractivity contribution in [2.75, 3.05) is 6.54 Å². The van der Waals surface area contributed by atoms with E-state index in [-0.39, 0.29) is 12.3 Å². The van der Waals surface area contributed by atoms with Gasteiger partial charge in [0.25, 0.3) is 0 Å². The fourth-order valence-electron chi connectivity index (χ4n) is 1.75. The topological polar surface area (TPSA) is 92.4 Å². The molecule has 1 heterocycles. The minimum Gasteiger partial charge on any atom is -0.388 e. The molecule has 6 nitrogen and oxygen atoms in total. The Morgan fingerprint density at radius 1 is 1.25 bits per heavy atom. The molecule has 2 N–H and O–H groups in total. The molecule has 2 rings (SSSR count). The van der Waals surface area contributed by atoms with Gasteiger partial charge in [-0.25, -0.2) is 13.1 Å². The van der Waals surface area contributed by atoms with E-state index in [9.17, 15) is 13.5 Å². The van der Waals surface area contributed by atoms with Crippen molar-refractivity contribution in [3.63, 3.8) is 0 Å². The third kappa shape index (κ3) is 4.44. The maximum absolute atomic E-state index is 11.7. The molecule has 1 atom stereocenters. The summed E-state index contributed by atoms with van der Waals surface area (Å²) in [7, 11) is -3.47. The molecule has 7 heteroatoms. The number of aromatic nitrogens is 1. The highest BCUT2D eigenvalue weighted by Crippen LogP contribution is 2.15. The Balaban J connectivity index is 1.80. The zero-order chi connectivity index (χ0) is 14.4. The molecule has 2 aromatic rings. The molecule has 1 aromatic carbocycles. The lowest BCUT2D eigenvalue weighted by molar-refractivity contribution is 0.169. The maximum atomic E-state index is 11.7. The number of benzene rings is 1. The average molecular weight is 296 g/mol. The summed E-state index contributed by atoms with van der Waals surface area (Å²) in [5.41, 5.74) is 1.12. The van der Waals surface area contributed by atoms with E-state index in [1.165, 1.54) is 12.3 Å². The largest absolute Gasteiger partial charge is 0.388 e. The Hall–Kier alpha value is -1.70. The van der Waals surface area contributed by atoms with Crippen molar-refractivity contribution in [1.82, 2.24) is 9.88 Å². The van der Waals surface area contributed by atoms with Crippen LogP contribution in [0.2, 0.25) is 0 Å². The molecule has 0 saturated carbocycles. The Morgan fingerprint density at radius 3 is 2.65 bits per heavy atom. The first kappa shape index (κ1) is 14.7. The van der Waals surface area contributed by atoms with E-state index in [1.54, 1.807) is 12.1 Å². The third-order valence-electron chi connectivity index (χ3n) is 2.75. The van der Waals surface area contributed by atoms with Gasteiger partial charge in [-0.1, -0.05) is 35.5 Å². The zero-order valence-electron chi connectivity index (χ0n) is 10.8. The van der Waals surface area contributed by atoms with Gasteiger partial charge < -0.3 is 9.63 Å². The lowest BCUT2D eigenvalue weighted by atomic mass is 10.1. The summed E-state index contributed by atoms with van der Waals surface area (Å²) in [6.45, 7) is 0.163. The van der Waals surface area contributed by atoms with Crippen LogP contribution < -0.4 is 4.72 Å². The van der Waals surface area contributed by atoms with Crippen LogP contribution in [0.4, 0.5) is 0 Å². The van der Waals surface area contributed by atoms with Crippen molar-refractivity contribution in [3.8, 4) is 0 Å². The molecular formula is C13H16N2O4S. The molecule has 0 aliphatic heterocycles.